The van der Waals surface area contributed by atoms with Gasteiger partial charge in [-0.25, -0.2) is 0 Å². The smallest absolute Gasteiger partial charge is 0.136 e. The van der Waals surface area contributed by atoms with Gasteiger partial charge in [-0.1, -0.05) is 12.8 Å². The number of rotatable bonds is 2. The van der Waals surface area contributed by atoms with Crippen molar-refractivity contribution in [3.05, 3.63) is 0 Å². The molecule has 1 unspecified atom stereocenters. The summed E-state index contributed by atoms with van der Waals surface area (Å²) in [4.78, 5) is 11.7. The quantitative estimate of drug-likeness (QED) is 0.678. The van der Waals surface area contributed by atoms with Crippen molar-refractivity contribution < 1.29 is 9.53 Å². The second-order valence-electron chi connectivity index (χ2n) is 4.55. The Labute approximate surface area is 86.0 Å². The minimum Gasteiger partial charge on any atom is -0.378 e. The molecule has 0 heterocycles. The summed E-state index contributed by atoms with van der Waals surface area (Å²) in [5.74, 6) is 1.39. The molecule has 0 N–H and O–H groups in total. The van der Waals surface area contributed by atoms with Crippen LogP contribution in [0.5, 0.6) is 0 Å². The first-order valence-corrected chi connectivity index (χ1v) is 5.97. The first kappa shape index (κ1) is 10.2. The molecule has 0 aliphatic heterocycles. The van der Waals surface area contributed by atoms with Gasteiger partial charge in [0.25, 0.3) is 0 Å². The Morgan fingerprint density at radius 1 is 1.29 bits per heavy atom. The number of fused-ring (bicyclic) bond motifs is 1. The highest BCUT2D eigenvalue weighted by Crippen LogP contribution is 2.39. The van der Waals surface area contributed by atoms with E-state index in [4.69, 9.17) is 4.74 Å². The predicted molar refractivity (Wildman–Crippen MR) is 55.1 cm³/mol. The zero-order valence-corrected chi connectivity index (χ0v) is 9.00. The number of hydrogen-bond acceptors (Lipinski definition) is 2. The van der Waals surface area contributed by atoms with E-state index in [0.717, 1.165) is 25.9 Å². The third-order valence-corrected chi connectivity index (χ3v) is 3.77. The van der Waals surface area contributed by atoms with E-state index >= 15 is 0 Å². The van der Waals surface area contributed by atoms with Gasteiger partial charge >= 0.3 is 0 Å². The largest absolute Gasteiger partial charge is 0.378 e. The minimum atomic E-state index is 0.342. The van der Waals surface area contributed by atoms with Gasteiger partial charge in [0.2, 0.25) is 0 Å². The van der Waals surface area contributed by atoms with Gasteiger partial charge in [0.1, 0.15) is 5.78 Å². The number of ether oxygens (including phenoxy) is 1. The van der Waals surface area contributed by atoms with Crippen LogP contribution in [0.4, 0.5) is 0 Å². The summed E-state index contributed by atoms with van der Waals surface area (Å²) in [5, 5.41) is 0. The van der Waals surface area contributed by atoms with E-state index in [1.54, 1.807) is 0 Å². The number of carbonyl (C=O) groups is 1. The molecule has 0 aromatic rings. The highest BCUT2D eigenvalue weighted by atomic mass is 16.5. The lowest BCUT2D eigenvalue weighted by atomic mass is 9.69. The molecule has 0 saturated heterocycles. The van der Waals surface area contributed by atoms with Crippen LogP contribution in [-0.4, -0.2) is 18.5 Å². The summed E-state index contributed by atoms with van der Waals surface area (Å²) in [7, 11) is 0. The molecule has 0 amide bonds. The maximum atomic E-state index is 11.7. The topological polar surface area (TPSA) is 26.3 Å². The van der Waals surface area contributed by atoms with E-state index < -0.39 is 0 Å². The Bertz CT molecular complexity index is 212. The first-order valence-electron chi connectivity index (χ1n) is 5.97. The minimum absolute atomic E-state index is 0.342. The Kier molecular flexibility index (Phi) is 3.22. The van der Waals surface area contributed by atoms with E-state index in [1.807, 2.05) is 6.92 Å². The van der Waals surface area contributed by atoms with Gasteiger partial charge < -0.3 is 4.74 Å². The summed E-state index contributed by atoms with van der Waals surface area (Å²) < 4.78 is 5.75. The summed E-state index contributed by atoms with van der Waals surface area (Å²) in [6.07, 6.45) is 6.96. The normalized spacial score (nSPS) is 38.1. The zero-order chi connectivity index (χ0) is 9.97. The monoisotopic (exact) mass is 196 g/mol. The van der Waals surface area contributed by atoms with Crippen molar-refractivity contribution in [1.82, 2.24) is 0 Å². The standard InChI is InChI=1S/C12H20O2/c1-2-14-12-8-7-11(13)9-5-3-4-6-10(9)12/h9-10,12H,2-8H2,1H3/t9-,10-,12?/m0/s1. The Morgan fingerprint density at radius 3 is 2.86 bits per heavy atom. The average Bonchev–Trinajstić information content (AvgIpc) is 2.23. The molecule has 0 radical (unpaired) electrons. The molecule has 14 heavy (non-hydrogen) atoms. The van der Waals surface area contributed by atoms with E-state index in [9.17, 15) is 4.79 Å². The molecule has 2 aliphatic carbocycles. The fourth-order valence-electron chi connectivity index (χ4n) is 3.11. The van der Waals surface area contributed by atoms with Gasteiger partial charge in [-0.15, -0.1) is 0 Å². The molecule has 2 heteroatoms. The van der Waals surface area contributed by atoms with Crippen molar-refractivity contribution in [3.8, 4) is 0 Å². The summed E-state index contributed by atoms with van der Waals surface area (Å²) in [6, 6.07) is 0. The molecule has 2 aliphatic rings. The average molecular weight is 196 g/mol. The lowest BCUT2D eigenvalue weighted by Gasteiger charge is -2.39. The Hall–Kier alpha value is -0.370. The van der Waals surface area contributed by atoms with Crippen LogP contribution in [0.2, 0.25) is 0 Å². The maximum absolute atomic E-state index is 11.7. The Balaban J connectivity index is 2.04. The van der Waals surface area contributed by atoms with Crippen LogP contribution in [0, 0.1) is 11.8 Å². The van der Waals surface area contributed by atoms with Crippen molar-refractivity contribution in [1.29, 1.82) is 0 Å². The lowest BCUT2D eigenvalue weighted by Crippen LogP contribution is -2.41. The van der Waals surface area contributed by atoms with Crippen molar-refractivity contribution in [2.45, 2.75) is 51.6 Å². The summed E-state index contributed by atoms with van der Waals surface area (Å²) in [6.45, 7) is 2.84. The molecular formula is C12H20O2. The molecule has 0 spiro atoms. The van der Waals surface area contributed by atoms with Crippen LogP contribution in [0.3, 0.4) is 0 Å². The molecule has 2 nitrogen and oxygen atoms in total. The zero-order valence-electron chi connectivity index (χ0n) is 9.00. The molecule has 0 aromatic heterocycles. The molecule has 3 atom stereocenters. The molecule has 0 aromatic carbocycles. The van der Waals surface area contributed by atoms with E-state index in [-0.39, 0.29) is 0 Å². The van der Waals surface area contributed by atoms with Crippen molar-refractivity contribution in [3.63, 3.8) is 0 Å². The highest BCUT2D eigenvalue weighted by molar-refractivity contribution is 5.82. The number of ketones is 1. The van der Waals surface area contributed by atoms with Crippen LogP contribution in [0.25, 0.3) is 0 Å². The number of hydrogen-bond donors (Lipinski definition) is 0. The van der Waals surface area contributed by atoms with Gasteiger partial charge in [-0.05, 0) is 32.1 Å². The summed E-state index contributed by atoms with van der Waals surface area (Å²) in [5.41, 5.74) is 0. The number of Topliss-reactive ketones (excluding diaryl/α,β-unsaturated/α-hetero) is 1. The first-order chi connectivity index (χ1) is 6.83. The van der Waals surface area contributed by atoms with Gasteiger partial charge in [0.05, 0.1) is 6.10 Å². The molecule has 80 valence electrons. The maximum Gasteiger partial charge on any atom is 0.136 e. The van der Waals surface area contributed by atoms with Crippen LogP contribution >= 0.6 is 0 Å². The van der Waals surface area contributed by atoms with E-state index in [2.05, 4.69) is 0 Å². The second kappa shape index (κ2) is 4.43. The van der Waals surface area contributed by atoms with Gasteiger partial charge in [-0.3, -0.25) is 4.79 Å². The van der Waals surface area contributed by atoms with Crippen LogP contribution in [0.1, 0.15) is 45.4 Å². The van der Waals surface area contributed by atoms with Crippen LogP contribution in [-0.2, 0) is 9.53 Å². The summed E-state index contributed by atoms with van der Waals surface area (Å²) >= 11 is 0. The van der Waals surface area contributed by atoms with Gasteiger partial charge in [0.15, 0.2) is 0 Å². The third kappa shape index (κ3) is 1.85. The van der Waals surface area contributed by atoms with Crippen molar-refractivity contribution in [2.75, 3.05) is 6.61 Å². The van der Waals surface area contributed by atoms with Crippen molar-refractivity contribution in [2.24, 2.45) is 11.8 Å². The third-order valence-electron chi connectivity index (χ3n) is 3.77. The molecule has 2 fully saturated rings. The van der Waals surface area contributed by atoms with E-state index in [1.165, 1.54) is 19.3 Å². The fourth-order valence-corrected chi connectivity index (χ4v) is 3.11. The molecule has 2 rings (SSSR count). The molecule has 2 saturated carbocycles. The second-order valence-corrected chi connectivity index (χ2v) is 4.55. The van der Waals surface area contributed by atoms with Crippen molar-refractivity contribution >= 4 is 5.78 Å². The van der Waals surface area contributed by atoms with Gasteiger partial charge in [0, 0.05) is 18.9 Å². The predicted octanol–water partition coefficient (Wildman–Crippen LogP) is 2.56. The fraction of sp³-hybridized carbons (Fsp3) is 0.917. The number of carbonyl (C=O) groups excluding carboxylic acids is 1. The van der Waals surface area contributed by atoms with Crippen LogP contribution in [0.15, 0.2) is 0 Å². The lowest BCUT2D eigenvalue weighted by molar-refractivity contribution is -0.135. The molecule has 0 bridgehead atoms. The van der Waals surface area contributed by atoms with E-state index in [0.29, 0.717) is 23.7 Å². The highest BCUT2D eigenvalue weighted by Gasteiger charge is 2.39. The van der Waals surface area contributed by atoms with Crippen LogP contribution < -0.4 is 0 Å². The SMILES string of the molecule is CCOC1CCC(=O)[C@H]2CCCC[C@H]12. The Morgan fingerprint density at radius 2 is 2.07 bits per heavy atom. The molecular weight excluding hydrogens is 176 g/mol. The van der Waals surface area contributed by atoms with Gasteiger partial charge in [-0.2, -0.15) is 0 Å².